The lowest BCUT2D eigenvalue weighted by atomic mass is 10.00. The van der Waals surface area contributed by atoms with Gasteiger partial charge in [-0.05, 0) is 37.8 Å². The number of nitrogen functional groups attached to an aromatic ring is 1. The Balaban J connectivity index is 1.96. The van der Waals surface area contributed by atoms with Crippen molar-refractivity contribution in [3.05, 3.63) is 24.0 Å². The Morgan fingerprint density at radius 1 is 1.53 bits per heavy atom. The second kappa shape index (κ2) is 5.17. The third-order valence-electron chi connectivity index (χ3n) is 3.48. The summed E-state index contributed by atoms with van der Waals surface area (Å²) in [6, 6.07) is 3.50. The molecule has 0 bridgehead atoms. The van der Waals surface area contributed by atoms with Crippen molar-refractivity contribution in [1.82, 2.24) is 10.3 Å². The van der Waals surface area contributed by atoms with Crippen LogP contribution in [0.3, 0.4) is 0 Å². The molecule has 1 aliphatic rings. The molecule has 1 aromatic rings. The van der Waals surface area contributed by atoms with E-state index in [1.165, 1.54) is 25.7 Å². The lowest BCUT2D eigenvalue weighted by Gasteiger charge is -2.20. The van der Waals surface area contributed by atoms with E-state index in [9.17, 15) is 4.79 Å². The number of aromatic nitrogens is 1. The van der Waals surface area contributed by atoms with Gasteiger partial charge in [0.25, 0.3) is 5.91 Å². The zero-order valence-corrected chi connectivity index (χ0v) is 10.1. The summed E-state index contributed by atoms with van der Waals surface area (Å²) in [6.45, 7) is 2.07. The third-order valence-corrected chi connectivity index (χ3v) is 3.48. The Kier molecular flexibility index (Phi) is 3.61. The molecule has 1 aromatic heterocycles. The van der Waals surface area contributed by atoms with Crippen LogP contribution in [-0.2, 0) is 0 Å². The monoisotopic (exact) mass is 233 g/mol. The minimum Gasteiger partial charge on any atom is -0.399 e. The van der Waals surface area contributed by atoms with Crippen molar-refractivity contribution in [2.45, 2.75) is 38.6 Å². The largest absolute Gasteiger partial charge is 0.399 e. The molecule has 0 saturated heterocycles. The third kappa shape index (κ3) is 2.96. The van der Waals surface area contributed by atoms with Crippen LogP contribution in [0.15, 0.2) is 18.3 Å². The van der Waals surface area contributed by atoms with E-state index in [4.69, 9.17) is 5.73 Å². The first-order valence-corrected chi connectivity index (χ1v) is 6.19. The molecule has 0 spiro atoms. The van der Waals surface area contributed by atoms with Crippen LogP contribution in [0.5, 0.6) is 0 Å². The molecule has 0 aliphatic heterocycles. The Morgan fingerprint density at radius 3 is 2.88 bits per heavy atom. The van der Waals surface area contributed by atoms with Crippen molar-refractivity contribution >= 4 is 11.6 Å². The summed E-state index contributed by atoms with van der Waals surface area (Å²) in [5.74, 6) is 0.483. The molecule has 1 unspecified atom stereocenters. The van der Waals surface area contributed by atoms with Gasteiger partial charge in [0.2, 0.25) is 0 Å². The number of carbonyl (C=O) groups excluding carboxylic acids is 1. The Hall–Kier alpha value is -1.58. The van der Waals surface area contributed by atoms with Crippen molar-refractivity contribution in [3.8, 4) is 0 Å². The summed E-state index contributed by atoms with van der Waals surface area (Å²) in [5.41, 5.74) is 6.60. The van der Waals surface area contributed by atoms with E-state index < -0.39 is 0 Å². The van der Waals surface area contributed by atoms with Gasteiger partial charge in [0.15, 0.2) is 0 Å². The Labute approximate surface area is 102 Å². The Morgan fingerprint density at radius 2 is 2.24 bits per heavy atom. The highest BCUT2D eigenvalue weighted by molar-refractivity contribution is 5.93. The van der Waals surface area contributed by atoms with E-state index in [0.717, 1.165) is 0 Å². The molecule has 1 fully saturated rings. The first-order chi connectivity index (χ1) is 8.16. The smallest absolute Gasteiger partial charge is 0.270 e. The van der Waals surface area contributed by atoms with Crippen LogP contribution < -0.4 is 11.1 Å². The maximum atomic E-state index is 11.9. The van der Waals surface area contributed by atoms with E-state index in [-0.39, 0.29) is 11.9 Å². The van der Waals surface area contributed by atoms with Crippen molar-refractivity contribution in [1.29, 1.82) is 0 Å². The Bertz CT molecular complexity index is 399. The highest BCUT2D eigenvalue weighted by atomic mass is 16.1. The number of carbonyl (C=O) groups is 1. The highest BCUT2D eigenvalue weighted by Crippen LogP contribution is 2.27. The normalized spacial score (nSPS) is 17.9. The zero-order chi connectivity index (χ0) is 12.3. The van der Waals surface area contributed by atoms with E-state index in [1.54, 1.807) is 18.3 Å². The molecule has 0 radical (unpaired) electrons. The van der Waals surface area contributed by atoms with Gasteiger partial charge in [-0.15, -0.1) is 0 Å². The first-order valence-electron chi connectivity index (χ1n) is 6.19. The van der Waals surface area contributed by atoms with Crippen LogP contribution in [0.2, 0.25) is 0 Å². The highest BCUT2D eigenvalue weighted by Gasteiger charge is 2.23. The summed E-state index contributed by atoms with van der Waals surface area (Å²) in [6.07, 6.45) is 6.55. The van der Waals surface area contributed by atoms with E-state index in [2.05, 4.69) is 17.2 Å². The fourth-order valence-electron chi connectivity index (χ4n) is 2.43. The second-order valence-corrected chi connectivity index (χ2v) is 4.78. The van der Waals surface area contributed by atoms with Gasteiger partial charge in [-0.25, -0.2) is 0 Å². The van der Waals surface area contributed by atoms with Crippen molar-refractivity contribution in [2.75, 3.05) is 5.73 Å². The van der Waals surface area contributed by atoms with Gasteiger partial charge in [-0.1, -0.05) is 12.8 Å². The van der Waals surface area contributed by atoms with Crippen molar-refractivity contribution in [2.24, 2.45) is 5.92 Å². The SMILES string of the molecule is CC(NC(=O)c1cc(N)ccn1)C1CCCC1. The van der Waals surface area contributed by atoms with E-state index >= 15 is 0 Å². The first kappa shape index (κ1) is 11.9. The van der Waals surface area contributed by atoms with Crippen LogP contribution >= 0.6 is 0 Å². The molecule has 1 aliphatic carbocycles. The molecule has 1 atom stereocenters. The summed E-state index contributed by atoms with van der Waals surface area (Å²) in [5, 5.41) is 3.01. The molecule has 1 heterocycles. The molecule has 4 nitrogen and oxygen atoms in total. The number of hydrogen-bond donors (Lipinski definition) is 2. The van der Waals surface area contributed by atoms with Crippen LogP contribution in [0.25, 0.3) is 0 Å². The number of nitrogens with two attached hydrogens (primary N) is 1. The van der Waals surface area contributed by atoms with Crippen molar-refractivity contribution in [3.63, 3.8) is 0 Å². The minimum absolute atomic E-state index is 0.128. The number of amides is 1. The predicted octanol–water partition coefficient (Wildman–Crippen LogP) is 1.97. The van der Waals surface area contributed by atoms with Crippen LogP contribution in [0.4, 0.5) is 5.69 Å². The summed E-state index contributed by atoms with van der Waals surface area (Å²) in [4.78, 5) is 16.0. The number of hydrogen-bond acceptors (Lipinski definition) is 3. The zero-order valence-electron chi connectivity index (χ0n) is 10.1. The molecule has 1 amide bonds. The number of nitrogens with zero attached hydrogens (tertiary/aromatic N) is 1. The molecular weight excluding hydrogens is 214 g/mol. The average Bonchev–Trinajstić information content (AvgIpc) is 2.82. The summed E-state index contributed by atoms with van der Waals surface area (Å²) < 4.78 is 0. The number of anilines is 1. The molecule has 17 heavy (non-hydrogen) atoms. The number of nitrogens with one attached hydrogen (secondary N) is 1. The second-order valence-electron chi connectivity index (χ2n) is 4.78. The molecule has 4 heteroatoms. The molecular formula is C13H19N3O. The maximum absolute atomic E-state index is 11.9. The molecule has 2 rings (SSSR count). The average molecular weight is 233 g/mol. The standard InChI is InChI=1S/C13H19N3O/c1-9(10-4-2-3-5-10)16-13(17)12-8-11(14)6-7-15-12/h6-10H,2-5H2,1H3,(H2,14,15)(H,16,17). The summed E-state index contributed by atoms with van der Waals surface area (Å²) in [7, 11) is 0. The molecule has 1 saturated carbocycles. The van der Waals surface area contributed by atoms with E-state index in [1.807, 2.05) is 0 Å². The lowest BCUT2D eigenvalue weighted by Crippen LogP contribution is -2.37. The van der Waals surface area contributed by atoms with Crippen LogP contribution in [0.1, 0.15) is 43.1 Å². The van der Waals surface area contributed by atoms with Gasteiger partial charge in [0, 0.05) is 17.9 Å². The van der Waals surface area contributed by atoms with Gasteiger partial charge in [-0.3, -0.25) is 9.78 Å². The minimum atomic E-state index is -0.128. The lowest BCUT2D eigenvalue weighted by molar-refractivity contribution is 0.0922. The fraction of sp³-hybridized carbons (Fsp3) is 0.538. The van der Waals surface area contributed by atoms with Gasteiger partial charge in [0.05, 0.1) is 0 Å². The number of rotatable bonds is 3. The fourth-order valence-corrected chi connectivity index (χ4v) is 2.43. The predicted molar refractivity (Wildman–Crippen MR) is 67.5 cm³/mol. The molecule has 92 valence electrons. The number of pyridine rings is 1. The van der Waals surface area contributed by atoms with Gasteiger partial charge < -0.3 is 11.1 Å². The van der Waals surface area contributed by atoms with Gasteiger partial charge in [-0.2, -0.15) is 0 Å². The van der Waals surface area contributed by atoms with Gasteiger partial charge >= 0.3 is 0 Å². The van der Waals surface area contributed by atoms with Crippen LogP contribution in [-0.4, -0.2) is 16.9 Å². The topological polar surface area (TPSA) is 68.0 Å². The quantitative estimate of drug-likeness (QED) is 0.838. The molecule has 0 aromatic carbocycles. The molecule has 3 N–H and O–H groups in total. The van der Waals surface area contributed by atoms with E-state index in [0.29, 0.717) is 17.3 Å². The maximum Gasteiger partial charge on any atom is 0.270 e. The van der Waals surface area contributed by atoms with Crippen molar-refractivity contribution < 1.29 is 4.79 Å². The van der Waals surface area contributed by atoms with Crippen LogP contribution in [0, 0.1) is 5.92 Å². The summed E-state index contributed by atoms with van der Waals surface area (Å²) >= 11 is 0. The van der Waals surface area contributed by atoms with Gasteiger partial charge in [0.1, 0.15) is 5.69 Å².